The molecule has 0 saturated carbocycles. The Labute approximate surface area is 78.4 Å². The van der Waals surface area contributed by atoms with Gasteiger partial charge in [-0.05, 0) is 27.2 Å². The quantitative estimate of drug-likeness (QED) is 0.649. The highest BCUT2D eigenvalue weighted by Gasteiger charge is 2.22. The third kappa shape index (κ3) is 4.10. The Bertz CT molecular complexity index is 165. The predicted octanol–water partition coefficient (Wildman–Crippen LogP) is 1.56. The molecular weight excluding hydrogens is 193 g/mol. The van der Waals surface area contributed by atoms with Crippen LogP contribution in [-0.2, 0) is 4.79 Å². The number of carbonyl (C=O) groups is 1. The van der Waals surface area contributed by atoms with Crippen molar-refractivity contribution in [1.29, 1.82) is 0 Å². The van der Waals surface area contributed by atoms with Crippen molar-refractivity contribution in [3.63, 3.8) is 0 Å². The van der Waals surface area contributed by atoms with Crippen LogP contribution >= 0.6 is 19.8 Å². The van der Waals surface area contributed by atoms with Crippen molar-refractivity contribution in [3.8, 4) is 0 Å². The Balaban J connectivity index is 4.02. The Kier molecular flexibility index (Phi) is 6.44. The van der Waals surface area contributed by atoms with E-state index in [0.717, 1.165) is 0 Å². The van der Waals surface area contributed by atoms with Gasteiger partial charge in [0.25, 0.3) is 0 Å². The van der Waals surface area contributed by atoms with Crippen LogP contribution in [0.25, 0.3) is 0 Å². The Morgan fingerprint density at radius 3 is 2.83 bits per heavy atom. The third-order valence-corrected chi connectivity index (χ3v) is 4.53. The summed E-state index contributed by atoms with van der Waals surface area (Å²) in [4.78, 5) is 10.7. The molecule has 2 N–H and O–H groups in total. The van der Waals surface area contributed by atoms with E-state index in [9.17, 15) is 4.79 Å². The average molecular weight is 207 g/mol. The van der Waals surface area contributed by atoms with E-state index < -0.39 is 14.0 Å². The van der Waals surface area contributed by atoms with Crippen LogP contribution in [0.1, 0.15) is 0 Å². The number of aliphatic carboxylic acids is 1. The molecule has 0 aromatic rings. The number of carboxylic acid groups (broad SMARTS) is 1. The number of nitrogens with one attached hydrogen (secondary N) is 1. The molecule has 2 unspecified atom stereocenters. The van der Waals surface area contributed by atoms with E-state index in [-0.39, 0.29) is 5.66 Å². The summed E-state index contributed by atoms with van der Waals surface area (Å²) >= 11 is 1.45. The molecule has 0 bridgehead atoms. The molecule has 0 aliphatic rings. The number of hydrogen-bond donors (Lipinski definition) is 2. The van der Waals surface area contributed by atoms with Gasteiger partial charge in [-0.1, -0.05) is 6.58 Å². The monoisotopic (exact) mass is 207 g/mol. The van der Waals surface area contributed by atoms with E-state index in [1.165, 1.54) is 11.8 Å². The fourth-order valence-electron chi connectivity index (χ4n) is 0.664. The van der Waals surface area contributed by atoms with Crippen LogP contribution in [0.2, 0.25) is 0 Å². The van der Waals surface area contributed by atoms with Gasteiger partial charge in [-0.25, -0.2) is 0 Å². The maximum Gasteiger partial charge on any atom is 0.312 e. The zero-order valence-electron chi connectivity index (χ0n) is 7.28. The summed E-state index contributed by atoms with van der Waals surface area (Å²) < 4.78 is 0. The first-order valence-electron chi connectivity index (χ1n) is 3.49. The van der Waals surface area contributed by atoms with Crippen molar-refractivity contribution in [2.75, 3.05) is 19.5 Å². The summed E-state index contributed by atoms with van der Waals surface area (Å²) in [5.74, 6) is -0.130. The van der Waals surface area contributed by atoms with Crippen LogP contribution in [0.5, 0.6) is 0 Å². The minimum absolute atomic E-state index is 0.284. The lowest BCUT2D eigenvalue weighted by molar-refractivity contribution is -0.136. The molecule has 0 aliphatic heterocycles. The molecule has 0 spiro atoms. The normalized spacial score (nSPS) is 15.2. The van der Waals surface area contributed by atoms with E-state index in [1.54, 1.807) is 12.5 Å². The molecule has 0 amide bonds. The van der Waals surface area contributed by atoms with Crippen molar-refractivity contribution < 1.29 is 9.90 Å². The Morgan fingerprint density at radius 2 is 2.50 bits per heavy atom. The van der Waals surface area contributed by atoms with Gasteiger partial charge in [-0.15, -0.1) is 11.8 Å². The lowest BCUT2D eigenvalue weighted by Gasteiger charge is -2.18. The van der Waals surface area contributed by atoms with E-state index in [0.29, 0.717) is 5.75 Å². The van der Waals surface area contributed by atoms with E-state index >= 15 is 0 Å². The molecule has 0 aromatic heterocycles. The summed E-state index contributed by atoms with van der Waals surface area (Å²) in [6.07, 6.45) is 0. The van der Waals surface area contributed by atoms with Crippen LogP contribution in [0.15, 0.2) is 12.0 Å². The van der Waals surface area contributed by atoms with Crippen molar-refractivity contribution >= 4 is 25.8 Å². The molecule has 0 aromatic carbocycles. The van der Waals surface area contributed by atoms with Gasteiger partial charge in [0.05, 0.1) is 5.66 Å². The second-order valence-electron chi connectivity index (χ2n) is 2.19. The van der Waals surface area contributed by atoms with E-state index in [2.05, 4.69) is 11.7 Å². The van der Waals surface area contributed by atoms with E-state index in [4.69, 9.17) is 5.11 Å². The highest BCUT2D eigenvalue weighted by atomic mass is 32.2. The highest BCUT2D eigenvalue weighted by molar-refractivity contribution is 8.02. The number of thioether (sulfide) groups is 1. The second-order valence-corrected chi connectivity index (χ2v) is 5.48. The first-order chi connectivity index (χ1) is 5.63. The summed E-state index contributed by atoms with van der Waals surface area (Å²) in [5.41, 5.74) is -0.284. The standard InChI is InChI=1S/C7H14NO2PS/c1-4-12-5-6(7(9)10)11(3)8-2/h4,6,8H,1,5H2,2-3H3,(H,9,10). The van der Waals surface area contributed by atoms with Gasteiger partial charge in [-0.3, -0.25) is 9.88 Å². The lowest BCUT2D eigenvalue weighted by Crippen LogP contribution is -2.24. The minimum Gasteiger partial charge on any atom is -0.481 e. The Morgan fingerprint density at radius 1 is 1.92 bits per heavy atom. The molecule has 0 heterocycles. The average Bonchev–Trinajstić information content (AvgIpc) is 2.04. The van der Waals surface area contributed by atoms with Crippen LogP contribution in [0, 0.1) is 0 Å². The largest absolute Gasteiger partial charge is 0.481 e. The molecule has 12 heavy (non-hydrogen) atoms. The van der Waals surface area contributed by atoms with Gasteiger partial charge in [0.2, 0.25) is 0 Å². The fourth-order valence-corrected chi connectivity index (χ4v) is 2.92. The topological polar surface area (TPSA) is 49.3 Å². The molecule has 0 rings (SSSR count). The molecule has 0 aliphatic carbocycles. The van der Waals surface area contributed by atoms with Gasteiger partial charge < -0.3 is 5.11 Å². The number of carboxylic acids is 1. The first kappa shape index (κ1) is 11.9. The van der Waals surface area contributed by atoms with Gasteiger partial charge in [-0.2, -0.15) is 0 Å². The second kappa shape index (κ2) is 6.46. The molecular formula is C7H14NO2PS. The van der Waals surface area contributed by atoms with Crippen molar-refractivity contribution in [3.05, 3.63) is 12.0 Å². The summed E-state index contributed by atoms with van der Waals surface area (Å²) in [6, 6.07) is 0. The molecule has 0 radical (unpaired) electrons. The number of rotatable bonds is 6. The van der Waals surface area contributed by atoms with E-state index in [1.807, 2.05) is 6.66 Å². The molecule has 2 atom stereocenters. The van der Waals surface area contributed by atoms with Gasteiger partial charge >= 0.3 is 5.97 Å². The zero-order chi connectivity index (χ0) is 9.56. The van der Waals surface area contributed by atoms with Crippen molar-refractivity contribution in [2.24, 2.45) is 0 Å². The van der Waals surface area contributed by atoms with Crippen LogP contribution in [0.3, 0.4) is 0 Å². The van der Waals surface area contributed by atoms with Crippen molar-refractivity contribution in [1.82, 2.24) is 5.09 Å². The van der Waals surface area contributed by atoms with Crippen LogP contribution in [0.4, 0.5) is 0 Å². The smallest absolute Gasteiger partial charge is 0.312 e. The van der Waals surface area contributed by atoms with Crippen LogP contribution < -0.4 is 5.09 Å². The molecule has 3 nitrogen and oxygen atoms in total. The predicted molar refractivity (Wildman–Crippen MR) is 56.0 cm³/mol. The van der Waals surface area contributed by atoms with Gasteiger partial charge in [0, 0.05) is 5.75 Å². The Hall–Kier alpha value is -0.0500. The van der Waals surface area contributed by atoms with Crippen molar-refractivity contribution in [2.45, 2.75) is 5.66 Å². The lowest BCUT2D eigenvalue weighted by atomic mass is 10.5. The zero-order valence-corrected chi connectivity index (χ0v) is 8.99. The summed E-state index contributed by atoms with van der Waals surface area (Å²) in [5, 5.41) is 13.5. The highest BCUT2D eigenvalue weighted by Crippen LogP contribution is 2.33. The molecule has 70 valence electrons. The van der Waals surface area contributed by atoms with Gasteiger partial charge in [0.1, 0.15) is 0 Å². The third-order valence-electron chi connectivity index (χ3n) is 1.48. The maximum atomic E-state index is 10.7. The van der Waals surface area contributed by atoms with Gasteiger partial charge in [0.15, 0.2) is 0 Å². The molecule has 5 heteroatoms. The maximum absolute atomic E-state index is 10.7. The number of hydrogen-bond acceptors (Lipinski definition) is 3. The fraction of sp³-hybridized carbons (Fsp3) is 0.571. The summed E-state index contributed by atoms with van der Waals surface area (Å²) in [7, 11) is 1.18. The molecule has 0 saturated heterocycles. The van der Waals surface area contributed by atoms with Crippen LogP contribution in [-0.4, -0.2) is 36.2 Å². The summed E-state index contributed by atoms with van der Waals surface area (Å²) in [6.45, 7) is 5.46. The molecule has 0 fully saturated rings. The SMILES string of the molecule is C=CSCC(C(=O)O)P(C)NC. The first-order valence-corrected chi connectivity index (χ1v) is 6.39. The minimum atomic E-state index is -0.729.